The van der Waals surface area contributed by atoms with Crippen molar-refractivity contribution < 1.29 is 19.6 Å². The van der Waals surface area contributed by atoms with E-state index in [0.29, 0.717) is 5.70 Å². The first-order valence-corrected chi connectivity index (χ1v) is 6.07. The van der Waals surface area contributed by atoms with Crippen LogP contribution >= 0.6 is 0 Å². The Hall–Kier alpha value is -2.90. The number of amides is 2. The first kappa shape index (κ1) is 14.5. The number of benzene rings is 1. The predicted octanol–water partition coefficient (Wildman–Crippen LogP) is 1.52. The second kappa shape index (κ2) is 5.23. The highest BCUT2D eigenvalue weighted by atomic mass is 16.6. The monoisotopic (exact) mass is 291 g/mol. The number of urea groups is 1. The van der Waals surface area contributed by atoms with Crippen LogP contribution in [0.4, 0.5) is 10.5 Å². The minimum absolute atomic E-state index is 0.101. The molecule has 1 aromatic carbocycles. The molecule has 0 aliphatic carbocycles. The van der Waals surface area contributed by atoms with Crippen LogP contribution in [0.1, 0.15) is 25.5 Å². The molecular formula is C13H13N3O5. The molecule has 0 saturated heterocycles. The van der Waals surface area contributed by atoms with Crippen LogP contribution in [0.2, 0.25) is 0 Å². The van der Waals surface area contributed by atoms with Gasteiger partial charge in [-0.2, -0.15) is 0 Å². The Morgan fingerprint density at radius 2 is 2.10 bits per heavy atom. The van der Waals surface area contributed by atoms with E-state index < -0.39 is 17.0 Å². The minimum Gasteiger partial charge on any atom is -0.508 e. The summed E-state index contributed by atoms with van der Waals surface area (Å²) in [5.41, 5.74) is 0.451. The van der Waals surface area contributed by atoms with Crippen molar-refractivity contribution in [2.45, 2.75) is 19.9 Å². The Kier molecular flexibility index (Phi) is 3.62. The van der Waals surface area contributed by atoms with Crippen molar-refractivity contribution >= 4 is 17.5 Å². The number of hydrogen-bond donors (Lipinski definition) is 3. The Labute approximate surface area is 119 Å². The van der Waals surface area contributed by atoms with Gasteiger partial charge in [-0.15, -0.1) is 0 Å². The van der Waals surface area contributed by atoms with Crippen molar-refractivity contribution in [1.82, 2.24) is 10.6 Å². The van der Waals surface area contributed by atoms with E-state index in [2.05, 4.69) is 10.6 Å². The van der Waals surface area contributed by atoms with E-state index in [9.17, 15) is 24.8 Å². The van der Waals surface area contributed by atoms with Gasteiger partial charge in [-0.05, 0) is 19.9 Å². The molecule has 1 aromatic rings. The number of nitro benzene ring substituents is 1. The molecular weight excluding hydrogens is 278 g/mol. The van der Waals surface area contributed by atoms with Gasteiger partial charge in [0, 0.05) is 29.0 Å². The second-order valence-corrected chi connectivity index (χ2v) is 4.63. The van der Waals surface area contributed by atoms with Gasteiger partial charge in [-0.25, -0.2) is 4.79 Å². The Bertz CT molecular complexity index is 680. The molecule has 0 radical (unpaired) electrons. The SMILES string of the molecule is CC(=O)C1=C(C)NC(=O)N[C@@H]1c1cc([N+](=O)[O-])ccc1O. The number of nitrogens with zero attached hydrogens (tertiary/aromatic N) is 1. The van der Waals surface area contributed by atoms with Crippen LogP contribution in [-0.4, -0.2) is 21.8 Å². The number of non-ortho nitro benzene ring substituents is 1. The average molecular weight is 291 g/mol. The van der Waals surface area contributed by atoms with E-state index in [4.69, 9.17) is 0 Å². The number of nitro groups is 1. The molecule has 1 atom stereocenters. The molecule has 8 heteroatoms. The average Bonchev–Trinajstić information content (AvgIpc) is 2.37. The topological polar surface area (TPSA) is 122 Å². The molecule has 1 aliphatic rings. The van der Waals surface area contributed by atoms with Gasteiger partial charge < -0.3 is 15.7 Å². The van der Waals surface area contributed by atoms with E-state index in [0.717, 1.165) is 18.2 Å². The van der Waals surface area contributed by atoms with E-state index >= 15 is 0 Å². The summed E-state index contributed by atoms with van der Waals surface area (Å²) in [7, 11) is 0. The number of hydrogen-bond acceptors (Lipinski definition) is 5. The van der Waals surface area contributed by atoms with Gasteiger partial charge in [-0.1, -0.05) is 0 Å². The van der Waals surface area contributed by atoms with Crippen molar-refractivity contribution in [3.05, 3.63) is 45.1 Å². The van der Waals surface area contributed by atoms with E-state index in [1.165, 1.54) is 6.92 Å². The molecule has 2 amide bonds. The van der Waals surface area contributed by atoms with Crippen molar-refractivity contribution in [3.63, 3.8) is 0 Å². The van der Waals surface area contributed by atoms with Crippen LogP contribution in [0, 0.1) is 10.1 Å². The number of Topliss-reactive ketones (excluding diaryl/α,β-unsaturated/α-hetero) is 1. The summed E-state index contributed by atoms with van der Waals surface area (Å²) in [6.07, 6.45) is 0. The molecule has 21 heavy (non-hydrogen) atoms. The minimum atomic E-state index is -0.934. The third-order valence-electron chi connectivity index (χ3n) is 3.18. The lowest BCUT2D eigenvalue weighted by Gasteiger charge is -2.28. The third kappa shape index (κ3) is 2.69. The maximum Gasteiger partial charge on any atom is 0.319 e. The van der Waals surface area contributed by atoms with Gasteiger partial charge in [0.1, 0.15) is 5.75 Å². The summed E-state index contributed by atoms with van der Waals surface area (Å²) in [5, 5.41) is 25.7. The Balaban J connectivity index is 2.60. The molecule has 2 rings (SSSR count). The molecule has 8 nitrogen and oxygen atoms in total. The van der Waals surface area contributed by atoms with Crippen molar-refractivity contribution in [2.24, 2.45) is 0 Å². The number of allylic oxidation sites excluding steroid dienone is 1. The van der Waals surface area contributed by atoms with Gasteiger partial charge in [0.2, 0.25) is 0 Å². The van der Waals surface area contributed by atoms with Crippen LogP contribution < -0.4 is 10.6 Å². The molecule has 0 bridgehead atoms. The van der Waals surface area contributed by atoms with E-state index in [-0.39, 0.29) is 28.4 Å². The summed E-state index contributed by atoms with van der Waals surface area (Å²) < 4.78 is 0. The number of carbonyl (C=O) groups excluding carboxylic acids is 2. The zero-order valence-electron chi connectivity index (χ0n) is 11.3. The highest BCUT2D eigenvalue weighted by molar-refractivity contribution is 5.98. The van der Waals surface area contributed by atoms with E-state index in [1.807, 2.05) is 0 Å². The van der Waals surface area contributed by atoms with Crippen LogP contribution in [-0.2, 0) is 4.79 Å². The number of phenolic OH excluding ortho intramolecular Hbond substituents is 1. The predicted molar refractivity (Wildman–Crippen MR) is 72.6 cm³/mol. The van der Waals surface area contributed by atoms with Gasteiger partial charge >= 0.3 is 6.03 Å². The van der Waals surface area contributed by atoms with Crippen LogP contribution in [0.15, 0.2) is 29.5 Å². The number of ketones is 1. The largest absolute Gasteiger partial charge is 0.508 e. The number of nitrogens with one attached hydrogen (secondary N) is 2. The van der Waals surface area contributed by atoms with E-state index in [1.54, 1.807) is 6.92 Å². The van der Waals surface area contributed by atoms with Gasteiger partial charge in [0.25, 0.3) is 5.69 Å². The molecule has 0 unspecified atom stereocenters. The Morgan fingerprint density at radius 3 is 2.67 bits per heavy atom. The summed E-state index contributed by atoms with van der Waals surface area (Å²) in [6, 6.07) is 1.96. The number of aromatic hydroxyl groups is 1. The smallest absolute Gasteiger partial charge is 0.319 e. The van der Waals surface area contributed by atoms with Crippen LogP contribution in [0.3, 0.4) is 0 Å². The van der Waals surface area contributed by atoms with Crippen molar-refractivity contribution in [3.8, 4) is 5.75 Å². The number of phenols is 1. The second-order valence-electron chi connectivity index (χ2n) is 4.63. The zero-order valence-corrected chi connectivity index (χ0v) is 11.3. The molecule has 3 N–H and O–H groups in total. The standard InChI is InChI=1S/C13H13N3O5/c1-6-11(7(2)17)12(15-13(19)14-6)9-5-8(16(20)21)3-4-10(9)18/h3-5,12,18H,1-2H3,(H2,14,15,19)/t12-/m1/s1. The molecule has 0 aromatic heterocycles. The fourth-order valence-electron chi connectivity index (χ4n) is 2.28. The summed E-state index contributed by atoms with van der Waals surface area (Å²) in [5.74, 6) is -0.546. The fourth-order valence-corrected chi connectivity index (χ4v) is 2.28. The molecule has 0 fully saturated rings. The van der Waals surface area contributed by atoms with Gasteiger partial charge in [0.15, 0.2) is 5.78 Å². The molecule has 0 saturated carbocycles. The van der Waals surface area contributed by atoms with Gasteiger partial charge in [-0.3, -0.25) is 14.9 Å². The maximum absolute atomic E-state index is 11.8. The molecule has 1 heterocycles. The summed E-state index contributed by atoms with van der Waals surface area (Å²) >= 11 is 0. The van der Waals surface area contributed by atoms with Crippen molar-refractivity contribution in [2.75, 3.05) is 0 Å². The zero-order chi connectivity index (χ0) is 15.7. The fraction of sp³-hybridized carbons (Fsp3) is 0.231. The number of carbonyl (C=O) groups is 2. The number of rotatable bonds is 3. The molecule has 0 spiro atoms. The summed E-state index contributed by atoms with van der Waals surface area (Å²) in [4.78, 5) is 33.6. The maximum atomic E-state index is 11.8. The first-order chi connectivity index (χ1) is 9.81. The summed E-state index contributed by atoms with van der Waals surface area (Å²) in [6.45, 7) is 2.87. The lowest BCUT2D eigenvalue weighted by Crippen LogP contribution is -2.44. The normalized spacial score (nSPS) is 18.0. The molecule has 110 valence electrons. The van der Waals surface area contributed by atoms with Crippen LogP contribution in [0.5, 0.6) is 5.75 Å². The third-order valence-corrected chi connectivity index (χ3v) is 3.18. The lowest BCUT2D eigenvalue weighted by atomic mass is 9.92. The van der Waals surface area contributed by atoms with Gasteiger partial charge in [0.05, 0.1) is 11.0 Å². The van der Waals surface area contributed by atoms with Crippen molar-refractivity contribution in [1.29, 1.82) is 0 Å². The first-order valence-electron chi connectivity index (χ1n) is 6.07. The highest BCUT2D eigenvalue weighted by Gasteiger charge is 2.31. The lowest BCUT2D eigenvalue weighted by molar-refractivity contribution is -0.385. The molecule has 1 aliphatic heterocycles. The quantitative estimate of drug-likeness (QED) is 0.575. The highest BCUT2D eigenvalue weighted by Crippen LogP contribution is 2.34. The Morgan fingerprint density at radius 1 is 1.43 bits per heavy atom. The van der Waals surface area contributed by atoms with Crippen LogP contribution in [0.25, 0.3) is 0 Å².